The Balaban J connectivity index is 1.27. The molecule has 5 rings (SSSR count). The molecule has 2 fully saturated rings. The quantitative estimate of drug-likeness (QED) is 0.302. The number of nitrogens with zero attached hydrogens (tertiary/aromatic N) is 1. The monoisotopic (exact) mass is 528 g/mol. The Morgan fingerprint density at radius 3 is 2.66 bits per heavy atom. The second-order valence-electron chi connectivity index (χ2n) is 11.1. The Morgan fingerprint density at radius 2 is 1.87 bits per heavy atom. The highest BCUT2D eigenvalue weighted by Gasteiger charge is 2.40. The molecule has 5 heteroatoms. The minimum atomic E-state index is -0.0338. The summed E-state index contributed by atoms with van der Waals surface area (Å²) in [5.41, 5.74) is 6.81. The van der Waals surface area contributed by atoms with Gasteiger partial charge < -0.3 is 10.2 Å². The van der Waals surface area contributed by atoms with Crippen LogP contribution in [0.15, 0.2) is 59.0 Å². The molecule has 200 valence electrons. The Labute approximate surface area is 232 Å². The predicted molar refractivity (Wildman–Crippen MR) is 158 cm³/mol. The van der Waals surface area contributed by atoms with Crippen LogP contribution >= 0.6 is 11.8 Å². The summed E-state index contributed by atoms with van der Waals surface area (Å²) in [7, 11) is 0. The Morgan fingerprint density at radius 1 is 1.05 bits per heavy atom. The molecular weight excluding hydrogens is 488 g/mol. The average Bonchev–Trinajstić information content (AvgIpc) is 2.94. The summed E-state index contributed by atoms with van der Waals surface area (Å²) >= 11 is 1.76. The van der Waals surface area contributed by atoms with Crippen LogP contribution in [-0.2, 0) is 11.3 Å². The van der Waals surface area contributed by atoms with E-state index >= 15 is 0 Å². The number of carbonyl (C=O) groups is 2. The number of hydrogen-bond acceptors (Lipinski definition) is 3. The van der Waals surface area contributed by atoms with E-state index in [0.29, 0.717) is 29.9 Å². The summed E-state index contributed by atoms with van der Waals surface area (Å²) in [4.78, 5) is 29.4. The average molecular weight is 529 g/mol. The highest BCUT2D eigenvalue weighted by Crippen LogP contribution is 2.43. The largest absolute Gasteiger partial charge is 0.352 e. The van der Waals surface area contributed by atoms with E-state index < -0.39 is 0 Å². The summed E-state index contributed by atoms with van der Waals surface area (Å²) in [5.74, 6) is 0.103. The van der Waals surface area contributed by atoms with Gasteiger partial charge in [-0.05, 0) is 93.7 Å². The first-order valence-electron chi connectivity index (χ1n) is 14.3. The van der Waals surface area contributed by atoms with Gasteiger partial charge in [-0.3, -0.25) is 9.59 Å². The van der Waals surface area contributed by atoms with E-state index in [0.717, 1.165) is 29.7 Å². The van der Waals surface area contributed by atoms with Crippen LogP contribution < -0.4 is 5.32 Å². The van der Waals surface area contributed by atoms with Crippen molar-refractivity contribution < 1.29 is 9.59 Å². The highest BCUT2D eigenvalue weighted by atomic mass is 32.2. The zero-order valence-corrected chi connectivity index (χ0v) is 23.6. The predicted octanol–water partition coefficient (Wildman–Crippen LogP) is 7.35. The highest BCUT2D eigenvalue weighted by molar-refractivity contribution is 8.04. The molecule has 0 aromatic heterocycles. The van der Waals surface area contributed by atoms with Gasteiger partial charge in [-0.1, -0.05) is 60.4 Å². The van der Waals surface area contributed by atoms with Crippen LogP contribution in [0.2, 0.25) is 0 Å². The third kappa shape index (κ3) is 6.43. The number of aryl methyl sites for hydroxylation is 2. The van der Waals surface area contributed by atoms with Crippen LogP contribution in [0, 0.1) is 13.8 Å². The van der Waals surface area contributed by atoms with Gasteiger partial charge in [0.1, 0.15) is 0 Å². The van der Waals surface area contributed by atoms with Gasteiger partial charge in [0.15, 0.2) is 0 Å². The molecule has 2 atom stereocenters. The first-order chi connectivity index (χ1) is 18.5. The van der Waals surface area contributed by atoms with E-state index in [2.05, 4.69) is 48.3 Å². The minimum Gasteiger partial charge on any atom is -0.352 e. The molecule has 0 spiro atoms. The van der Waals surface area contributed by atoms with Crippen molar-refractivity contribution in [2.24, 2.45) is 0 Å². The third-order valence-electron chi connectivity index (χ3n) is 8.25. The number of thioether (sulfide) groups is 1. The van der Waals surface area contributed by atoms with Gasteiger partial charge in [-0.25, -0.2) is 0 Å². The summed E-state index contributed by atoms with van der Waals surface area (Å²) < 4.78 is 0. The summed E-state index contributed by atoms with van der Waals surface area (Å²) in [5, 5.41) is 3.51. The lowest BCUT2D eigenvalue weighted by Crippen LogP contribution is -2.50. The topological polar surface area (TPSA) is 49.4 Å². The maximum Gasteiger partial charge on any atom is 0.260 e. The number of rotatable bonds is 7. The van der Waals surface area contributed by atoms with Crippen LogP contribution in [0.3, 0.4) is 0 Å². The summed E-state index contributed by atoms with van der Waals surface area (Å²) in [6.45, 7) is 5.60. The second kappa shape index (κ2) is 12.4. The number of amides is 2. The third-order valence-corrected chi connectivity index (χ3v) is 9.65. The molecule has 4 nitrogen and oxygen atoms in total. The molecule has 1 saturated heterocycles. The molecule has 2 unspecified atom stereocenters. The number of carbonyl (C=O) groups excluding carboxylic acids is 2. The van der Waals surface area contributed by atoms with Gasteiger partial charge >= 0.3 is 0 Å². The van der Waals surface area contributed by atoms with Gasteiger partial charge in [0.05, 0.1) is 4.91 Å². The molecular formula is C33H40N2O2S. The molecule has 2 aromatic carbocycles. The fourth-order valence-corrected chi connectivity index (χ4v) is 7.44. The van der Waals surface area contributed by atoms with Crippen molar-refractivity contribution in [3.05, 3.63) is 86.8 Å². The molecule has 2 amide bonds. The maximum atomic E-state index is 13.8. The van der Waals surface area contributed by atoms with Gasteiger partial charge in [-0.2, -0.15) is 0 Å². The van der Waals surface area contributed by atoms with Crippen molar-refractivity contribution in [2.45, 2.75) is 89.5 Å². The smallest absolute Gasteiger partial charge is 0.260 e. The van der Waals surface area contributed by atoms with E-state index in [-0.39, 0.29) is 11.8 Å². The van der Waals surface area contributed by atoms with Crippen molar-refractivity contribution in [1.82, 2.24) is 10.2 Å². The van der Waals surface area contributed by atoms with Crippen LogP contribution in [0.1, 0.15) is 90.4 Å². The Kier molecular flexibility index (Phi) is 8.73. The first-order valence-corrected chi connectivity index (χ1v) is 15.2. The molecule has 1 N–H and O–H groups in total. The maximum absolute atomic E-state index is 13.8. The molecule has 3 aliphatic rings. The van der Waals surface area contributed by atoms with E-state index in [4.69, 9.17) is 0 Å². The fraction of sp³-hybridized carbons (Fsp3) is 0.455. The number of nitrogens with one attached hydrogen (secondary N) is 1. The van der Waals surface area contributed by atoms with Crippen LogP contribution in [0.4, 0.5) is 0 Å². The number of benzene rings is 2. The lowest BCUT2D eigenvalue weighted by Gasteiger charge is -2.44. The lowest BCUT2D eigenvalue weighted by atomic mass is 9.92. The standard InChI is InChI=1S/C33H40N2O2S/c1-23-12-13-24(2)28(20-23)22-35-29-10-6-7-11-30(29)38-31(33(35)37)21-26-14-16-27(17-15-26)32(36)34-19-18-25-8-4-3-5-9-25/h8,12-17,20-21,29-30H,3-7,9-11,18-19,22H2,1-2H3,(H,34,36)/b31-21-. The molecule has 0 radical (unpaired) electrons. The van der Waals surface area contributed by atoms with Crippen LogP contribution in [0.25, 0.3) is 6.08 Å². The molecule has 1 saturated carbocycles. The first kappa shape index (κ1) is 26.8. The van der Waals surface area contributed by atoms with Crippen LogP contribution in [-0.4, -0.2) is 34.6 Å². The number of fused-ring (bicyclic) bond motifs is 1. The van der Waals surface area contributed by atoms with E-state index in [1.807, 2.05) is 30.3 Å². The van der Waals surface area contributed by atoms with Crippen molar-refractivity contribution in [2.75, 3.05) is 6.54 Å². The summed E-state index contributed by atoms with van der Waals surface area (Å²) in [6.07, 6.45) is 14.8. The molecule has 1 aliphatic heterocycles. The minimum absolute atomic E-state index is 0.0338. The molecule has 38 heavy (non-hydrogen) atoms. The number of allylic oxidation sites excluding steroid dienone is 1. The molecule has 0 bridgehead atoms. The van der Waals surface area contributed by atoms with Gasteiger partial charge in [-0.15, -0.1) is 11.8 Å². The van der Waals surface area contributed by atoms with Crippen molar-refractivity contribution in [3.63, 3.8) is 0 Å². The zero-order chi connectivity index (χ0) is 26.5. The van der Waals surface area contributed by atoms with Crippen molar-refractivity contribution >= 4 is 29.7 Å². The Bertz CT molecular complexity index is 1230. The van der Waals surface area contributed by atoms with Gasteiger partial charge in [0.25, 0.3) is 11.8 Å². The lowest BCUT2D eigenvalue weighted by molar-refractivity contribution is -0.130. The van der Waals surface area contributed by atoms with E-state index in [1.54, 1.807) is 11.8 Å². The second-order valence-corrected chi connectivity index (χ2v) is 12.4. The Hall–Kier alpha value is -2.79. The normalized spacial score (nSPS) is 22.7. The molecule has 1 heterocycles. The SMILES string of the molecule is Cc1ccc(C)c(CN2C(=O)/C(=C/c3ccc(C(=O)NCCC4=CCCCC4)cc3)SC3CCCCC32)c1. The van der Waals surface area contributed by atoms with Crippen molar-refractivity contribution in [1.29, 1.82) is 0 Å². The van der Waals surface area contributed by atoms with Gasteiger partial charge in [0.2, 0.25) is 0 Å². The summed E-state index contributed by atoms with van der Waals surface area (Å²) in [6, 6.07) is 14.5. The number of hydrogen-bond donors (Lipinski definition) is 1. The van der Waals surface area contributed by atoms with E-state index in [1.165, 1.54) is 60.8 Å². The van der Waals surface area contributed by atoms with Crippen LogP contribution in [0.5, 0.6) is 0 Å². The zero-order valence-electron chi connectivity index (χ0n) is 22.8. The molecule has 2 aromatic rings. The fourth-order valence-electron chi connectivity index (χ4n) is 5.97. The van der Waals surface area contributed by atoms with Crippen molar-refractivity contribution in [3.8, 4) is 0 Å². The molecule has 2 aliphatic carbocycles. The van der Waals surface area contributed by atoms with Gasteiger partial charge in [0, 0.05) is 29.9 Å². The van der Waals surface area contributed by atoms with E-state index in [9.17, 15) is 9.59 Å².